The van der Waals surface area contributed by atoms with Crippen molar-refractivity contribution in [1.29, 1.82) is 0 Å². The monoisotopic (exact) mass is 427 g/mol. The van der Waals surface area contributed by atoms with Gasteiger partial charge in [-0.2, -0.15) is 5.10 Å². The highest BCUT2D eigenvalue weighted by Gasteiger charge is 2.20. The van der Waals surface area contributed by atoms with Crippen molar-refractivity contribution in [2.45, 2.75) is 19.0 Å². The smallest absolute Gasteiger partial charge is 0.159 e. The van der Waals surface area contributed by atoms with Crippen molar-refractivity contribution < 1.29 is 9.13 Å². The second kappa shape index (κ2) is 7.67. The number of rotatable bonds is 4. The third-order valence-electron chi connectivity index (χ3n) is 5.93. The molecule has 3 aromatic carbocycles. The quantitative estimate of drug-likeness (QED) is 0.378. The molecule has 3 heterocycles. The number of para-hydroxylation sites is 1. The summed E-state index contributed by atoms with van der Waals surface area (Å²) in [6, 6.07) is 21.6. The zero-order valence-electron chi connectivity index (χ0n) is 17.4. The summed E-state index contributed by atoms with van der Waals surface area (Å²) in [6.07, 6.45) is 0.752. The second-order valence-corrected chi connectivity index (χ2v) is 8.17. The van der Waals surface area contributed by atoms with Crippen molar-refractivity contribution >= 4 is 27.6 Å². The van der Waals surface area contributed by atoms with Crippen LogP contribution in [0.15, 0.2) is 66.7 Å². The topological polar surface area (TPSA) is 69.8 Å². The summed E-state index contributed by atoms with van der Waals surface area (Å²) < 4.78 is 19.8. The molecule has 6 rings (SSSR count). The summed E-state index contributed by atoms with van der Waals surface area (Å²) in [4.78, 5) is 10.3. The molecule has 1 unspecified atom stereocenters. The number of piperidine rings is 1. The molecule has 1 atom stereocenters. The van der Waals surface area contributed by atoms with Gasteiger partial charge in [-0.15, -0.1) is 0 Å². The number of fused-ring (bicyclic) bond motifs is 2. The Morgan fingerprint density at radius 3 is 2.72 bits per heavy atom. The van der Waals surface area contributed by atoms with Gasteiger partial charge >= 0.3 is 0 Å². The molecular formula is C25H22FN5O. The van der Waals surface area contributed by atoms with Crippen molar-refractivity contribution in [3.63, 3.8) is 0 Å². The number of halogens is 1. The minimum Gasteiger partial charge on any atom is -0.457 e. The standard InChI is InChI=1S/C25H22FN5O/c26-16-5-4-12-31(15-16)17-8-10-22-23(13-17)28-25(27-22)24-20-14-19(9-11-21(20)29-30-24)32-18-6-2-1-3-7-18/h1-3,6-11,13-14,16H,4-5,12,15H2,(H,27,28)(H,29,30). The largest absolute Gasteiger partial charge is 0.457 e. The summed E-state index contributed by atoms with van der Waals surface area (Å²) in [7, 11) is 0. The van der Waals surface area contributed by atoms with Gasteiger partial charge in [0, 0.05) is 24.2 Å². The molecule has 32 heavy (non-hydrogen) atoms. The number of ether oxygens (including phenoxy) is 1. The van der Waals surface area contributed by atoms with Crippen LogP contribution in [0.1, 0.15) is 12.8 Å². The van der Waals surface area contributed by atoms with E-state index >= 15 is 0 Å². The first-order chi connectivity index (χ1) is 15.7. The number of aromatic amines is 2. The van der Waals surface area contributed by atoms with Crippen molar-refractivity contribution in [2.75, 3.05) is 18.0 Å². The normalized spacial score (nSPS) is 16.7. The number of benzene rings is 3. The highest BCUT2D eigenvalue weighted by atomic mass is 19.1. The maximum Gasteiger partial charge on any atom is 0.159 e. The molecule has 0 spiro atoms. The fourth-order valence-corrected chi connectivity index (χ4v) is 4.32. The Kier molecular flexibility index (Phi) is 4.52. The zero-order valence-corrected chi connectivity index (χ0v) is 17.4. The lowest BCUT2D eigenvalue weighted by atomic mass is 10.1. The van der Waals surface area contributed by atoms with Gasteiger partial charge < -0.3 is 14.6 Å². The van der Waals surface area contributed by atoms with Crippen molar-refractivity contribution in [3.8, 4) is 23.0 Å². The first kappa shape index (κ1) is 18.9. The van der Waals surface area contributed by atoms with Gasteiger partial charge in [0.05, 0.1) is 16.6 Å². The first-order valence-corrected chi connectivity index (χ1v) is 10.8. The van der Waals surface area contributed by atoms with E-state index in [1.54, 1.807) is 0 Å². The molecule has 7 heteroatoms. The lowest BCUT2D eigenvalue weighted by Gasteiger charge is -2.30. The lowest BCUT2D eigenvalue weighted by Crippen LogP contribution is -2.36. The van der Waals surface area contributed by atoms with E-state index in [4.69, 9.17) is 9.72 Å². The Bertz CT molecular complexity index is 1390. The molecule has 1 fully saturated rings. The molecule has 6 nitrogen and oxygen atoms in total. The molecule has 2 aromatic heterocycles. The Balaban J connectivity index is 1.35. The van der Waals surface area contributed by atoms with E-state index in [9.17, 15) is 4.39 Å². The Hall–Kier alpha value is -3.87. The number of anilines is 1. The van der Waals surface area contributed by atoms with Crippen LogP contribution in [-0.2, 0) is 0 Å². The van der Waals surface area contributed by atoms with Gasteiger partial charge in [0.15, 0.2) is 5.82 Å². The number of H-pyrrole nitrogens is 2. The van der Waals surface area contributed by atoms with Gasteiger partial charge in [0.1, 0.15) is 23.4 Å². The highest BCUT2D eigenvalue weighted by Crippen LogP contribution is 2.32. The van der Waals surface area contributed by atoms with Gasteiger partial charge in [-0.25, -0.2) is 9.37 Å². The Morgan fingerprint density at radius 2 is 1.84 bits per heavy atom. The van der Waals surface area contributed by atoms with E-state index in [1.807, 2.05) is 66.7 Å². The fraction of sp³-hybridized carbons (Fsp3) is 0.200. The molecule has 0 bridgehead atoms. The number of nitrogens with one attached hydrogen (secondary N) is 2. The van der Waals surface area contributed by atoms with Crippen molar-refractivity contribution in [1.82, 2.24) is 20.2 Å². The van der Waals surface area contributed by atoms with Crippen LogP contribution in [-0.4, -0.2) is 39.4 Å². The summed E-state index contributed by atoms with van der Waals surface area (Å²) in [5.74, 6) is 2.19. The van der Waals surface area contributed by atoms with Crippen LogP contribution in [0.5, 0.6) is 11.5 Å². The summed E-state index contributed by atoms with van der Waals surface area (Å²) in [6.45, 7) is 1.31. The van der Waals surface area contributed by atoms with Gasteiger partial charge in [0.25, 0.3) is 0 Å². The minimum absolute atomic E-state index is 0.441. The van der Waals surface area contributed by atoms with Crippen LogP contribution in [0.2, 0.25) is 0 Å². The van der Waals surface area contributed by atoms with Crippen LogP contribution in [0.3, 0.4) is 0 Å². The van der Waals surface area contributed by atoms with Crippen LogP contribution in [0, 0.1) is 0 Å². The molecule has 0 aliphatic carbocycles. The Labute approximate surface area is 184 Å². The molecule has 1 aliphatic heterocycles. The van der Waals surface area contributed by atoms with Crippen LogP contribution in [0.4, 0.5) is 10.1 Å². The number of hydrogen-bond acceptors (Lipinski definition) is 4. The molecule has 1 aliphatic rings. The van der Waals surface area contributed by atoms with Crippen molar-refractivity contribution in [2.24, 2.45) is 0 Å². The number of aromatic nitrogens is 4. The van der Waals surface area contributed by atoms with E-state index in [2.05, 4.69) is 20.1 Å². The molecular weight excluding hydrogens is 405 g/mol. The summed E-state index contributed by atoms with van der Waals surface area (Å²) in [5.41, 5.74) is 4.40. The first-order valence-electron chi connectivity index (χ1n) is 10.8. The van der Waals surface area contributed by atoms with E-state index < -0.39 is 6.17 Å². The van der Waals surface area contributed by atoms with Crippen LogP contribution < -0.4 is 9.64 Å². The zero-order chi connectivity index (χ0) is 21.5. The van der Waals surface area contributed by atoms with Crippen molar-refractivity contribution in [3.05, 3.63) is 66.7 Å². The molecule has 2 N–H and O–H groups in total. The number of hydrogen-bond donors (Lipinski definition) is 2. The molecule has 160 valence electrons. The predicted molar refractivity (Wildman–Crippen MR) is 124 cm³/mol. The predicted octanol–water partition coefficient (Wildman–Crippen LogP) is 5.84. The molecule has 1 saturated heterocycles. The maximum atomic E-state index is 13.9. The molecule has 5 aromatic rings. The molecule has 0 radical (unpaired) electrons. The molecule has 0 saturated carbocycles. The van der Waals surface area contributed by atoms with Gasteiger partial charge in [0.2, 0.25) is 0 Å². The van der Waals surface area contributed by atoms with E-state index in [0.29, 0.717) is 18.8 Å². The summed E-state index contributed by atoms with van der Waals surface area (Å²) in [5, 5.41) is 8.50. The Morgan fingerprint density at radius 1 is 0.969 bits per heavy atom. The summed E-state index contributed by atoms with van der Waals surface area (Å²) >= 11 is 0. The fourth-order valence-electron chi connectivity index (χ4n) is 4.32. The van der Waals surface area contributed by atoms with E-state index in [1.165, 1.54) is 0 Å². The highest BCUT2D eigenvalue weighted by molar-refractivity contribution is 5.94. The van der Waals surface area contributed by atoms with Gasteiger partial charge in [-0.1, -0.05) is 18.2 Å². The number of imidazole rings is 1. The average Bonchev–Trinajstić information content (AvgIpc) is 3.43. The number of nitrogens with zero attached hydrogens (tertiary/aromatic N) is 3. The van der Waals surface area contributed by atoms with Crippen LogP contribution in [0.25, 0.3) is 33.5 Å². The van der Waals surface area contributed by atoms with Gasteiger partial charge in [-0.3, -0.25) is 5.10 Å². The second-order valence-electron chi connectivity index (χ2n) is 8.17. The average molecular weight is 427 g/mol. The minimum atomic E-state index is -0.767. The van der Waals surface area contributed by atoms with Crippen LogP contribution >= 0.6 is 0 Å². The maximum absolute atomic E-state index is 13.9. The molecule has 0 amide bonds. The van der Waals surface area contributed by atoms with E-state index in [0.717, 1.165) is 57.8 Å². The third-order valence-corrected chi connectivity index (χ3v) is 5.93. The SMILES string of the molecule is FC1CCCN(c2ccc3[nH]c(-c4n[nH]c5ccc(Oc6ccccc6)cc45)nc3c2)C1. The van der Waals surface area contributed by atoms with Gasteiger partial charge in [-0.05, 0) is 61.4 Å². The lowest BCUT2D eigenvalue weighted by molar-refractivity contribution is 0.287. The number of alkyl halides is 1. The third kappa shape index (κ3) is 3.45. The van der Waals surface area contributed by atoms with E-state index in [-0.39, 0.29) is 0 Å².